The van der Waals surface area contributed by atoms with Crippen LogP contribution in [0, 0.1) is 6.92 Å². The zero-order chi connectivity index (χ0) is 13.1. The maximum Gasteiger partial charge on any atom is 0.150 e. The van der Waals surface area contributed by atoms with Crippen LogP contribution in [0.3, 0.4) is 0 Å². The number of hydrogen-bond donors (Lipinski definition) is 0. The van der Waals surface area contributed by atoms with E-state index in [1.54, 1.807) is 0 Å². The Labute approximate surface area is 108 Å². The van der Waals surface area contributed by atoms with Crippen LogP contribution in [0.25, 0.3) is 11.1 Å². The minimum Gasteiger partial charge on any atom is -0.298 e. The van der Waals surface area contributed by atoms with Gasteiger partial charge in [0.1, 0.15) is 0 Å². The second-order valence-electron chi connectivity index (χ2n) is 4.99. The fourth-order valence-corrected chi connectivity index (χ4v) is 2.07. The van der Waals surface area contributed by atoms with E-state index < -0.39 is 0 Å². The average Bonchev–Trinajstić information content (AvgIpc) is 2.39. The Bertz CT molecular complexity index is 550. The Hall–Kier alpha value is -1.89. The van der Waals surface area contributed by atoms with Gasteiger partial charge in [-0.15, -0.1) is 0 Å². The number of hydrogen-bond acceptors (Lipinski definition) is 1. The molecule has 0 unspecified atom stereocenters. The van der Waals surface area contributed by atoms with E-state index in [4.69, 9.17) is 0 Å². The van der Waals surface area contributed by atoms with Gasteiger partial charge >= 0.3 is 0 Å². The first-order valence-electron chi connectivity index (χ1n) is 6.28. The second kappa shape index (κ2) is 5.18. The van der Waals surface area contributed by atoms with Crippen LogP contribution >= 0.6 is 0 Å². The highest BCUT2D eigenvalue weighted by atomic mass is 16.1. The van der Waals surface area contributed by atoms with Crippen molar-refractivity contribution in [1.29, 1.82) is 0 Å². The highest BCUT2D eigenvalue weighted by Crippen LogP contribution is 2.26. The van der Waals surface area contributed by atoms with Crippen LogP contribution in [0.15, 0.2) is 42.5 Å². The fraction of sp³-hybridized carbons (Fsp3) is 0.235. The Balaban J connectivity index is 2.48. The molecule has 2 rings (SSSR count). The predicted octanol–water partition coefficient (Wildman–Crippen LogP) is 4.60. The molecule has 0 radical (unpaired) electrons. The third kappa shape index (κ3) is 2.51. The molecule has 92 valence electrons. The lowest BCUT2D eigenvalue weighted by atomic mass is 9.95. The number of carbonyl (C=O) groups is 1. The summed E-state index contributed by atoms with van der Waals surface area (Å²) < 4.78 is 0. The molecule has 2 aromatic rings. The van der Waals surface area contributed by atoms with Crippen molar-refractivity contribution in [3.63, 3.8) is 0 Å². The topological polar surface area (TPSA) is 17.1 Å². The maximum absolute atomic E-state index is 11.1. The molecule has 0 aliphatic rings. The third-order valence-corrected chi connectivity index (χ3v) is 3.22. The molecule has 0 aromatic heterocycles. The molecule has 1 heteroatoms. The molecule has 0 amide bonds. The Morgan fingerprint density at radius 2 is 1.67 bits per heavy atom. The monoisotopic (exact) mass is 238 g/mol. The van der Waals surface area contributed by atoms with Crippen LogP contribution in [-0.4, -0.2) is 6.29 Å². The molecular weight excluding hydrogens is 220 g/mol. The molecule has 0 spiro atoms. The van der Waals surface area contributed by atoms with Crippen molar-refractivity contribution in [3.05, 3.63) is 59.2 Å². The standard InChI is InChI=1S/C17H18O/c1-12(2)14-6-8-15(9-7-14)17-10-13(3)4-5-16(17)11-18/h4-12H,1-3H3. The summed E-state index contributed by atoms with van der Waals surface area (Å²) in [5, 5.41) is 0. The SMILES string of the molecule is Cc1ccc(C=O)c(-c2ccc(C(C)C)cc2)c1. The van der Waals surface area contributed by atoms with E-state index in [1.165, 1.54) is 11.1 Å². The minimum atomic E-state index is 0.530. The van der Waals surface area contributed by atoms with Gasteiger partial charge in [0, 0.05) is 5.56 Å². The van der Waals surface area contributed by atoms with Gasteiger partial charge in [-0.05, 0) is 29.5 Å². The van der Waals surface area contributed by atoms with Gasteiger partial charge in [0.2, 0.25) is 0 Å². The van der Waals surface area contributed by atoms with E-state index in [9.17, 15) is 4.79 Å². The average molecular weight is 238 g/mol. The second-order valence-corrected chi connectivity index (χ2v) is 4.99. The van der Waals surface area contributed by atoms with Gasteiger partial charge in [0.15, 0.2) is 6.29 Å². The molecular formula is C17H18O. The van der Waals surface area contributed by atoms with Crippen LogP contribution < -0.4 is 0 Å². The van der Waals surface area contributed by atoms with Crippen molar-refractivity contribution in [2.45, 2.75) is 26.7 Å². The van der Waals surface area contributed by atoms with Gasteiger partial charge < -0.3 is 0 Å². The minimum absolute atomic E-state index is 0.530. The van der Waals surface area contributed by atoms with E-state index in [1.807, 2.05) is 19.1 Å². The van der Waals surface area contributed by atoms with E-state index in [2.05, 4.69) is 44.2 Å². The maximum atomic E-state index is 11.1. The fourth-order valence-electron chi connectivity index (χ4n) is 2.07. The summed E-state index contributed by atoms with van der Waals surface area (Å²) in [6, 6.07) is 14.4. The molecule has 0 N–H and O–H groups in total. The van der Waals surface area contributed by atoms with Crippen LogP contribution in [0.4, 0.5) is 0 Å². The summed E-state index contributed by atoms with van der Waals surface area (Å²) in [4.78, 5) is 11.1. The lowest BCUT2D eigenvalue weighted by Gasteiger charge is -2.09. The van der Waals surface area contributed by atoms with Crippen molar-refractivity contribution in [3.8, 4) is 11.1 Å². The van der Waals surface area contributed by atoms with E-state index >= 15 is 0 Å². The zero-order valence-electron chi connectivity index (χ0n) is 11.1. The van der Waals surface area contributed by atoms with E-state index in [-0.39, 0.29) is 0 Å². The number of aryl methyl sites for hydroxylation is 1. The molecule has 1 nitrogen and oxygen atoms in total. The molecule has 0 aliphatic heterocycles. The van der Waals surface area contributed by atoms with Crippen molar-refractivity contribution >= 4 is 6.29 Å². The summed E-state index contributed by atoms with van der Waals surface area (Å²) in [6.45, 7) is 6.40. The summed E-state index contributed by atoms with van der Waals surface area (Å²) in [5.41, 5.74) is 5.35. The van der Waals surface area contributed by atoms with Crippen molar-refractivity contribution < 1.29 is 4.79 Å². The first-order chi connectivity index (χ1) is 8.61. The first kappa shape index (κ1) is 12.6. The molecule has 0 saturated carbocycles. The van der Waals surface area contributed by atoms with Gasteiger partial charge in [-0.2, -0.15) is 0 Å². The lowest BCUT2D eigenvalue weighted by Crippen LogP contribution is -1.90. The van der Waals surface area contributed by atoms with Gasteiger partial charge in [-0.25, -0.2) is 0 Å². The number of aldehydes is 1. The smallest absolute Gasteiger partial charge is 0.150 e. The highest BCUT2D eigenvalue weighted by Gasteiger charge is 2.06. The van der Waals surface area contributed by atoms with Gasteiger partial charge in [-0.1, -0.05) is 61.9 Å². The summed E-state index contributed by atoms with van der Waals surface area (Å²) in [6.07, 6.45) is 0.922. The Kier molecular flexibility index (Phi) is 3.61. The van der Waals surface area contributed by atoms with E-state index in [0.29, 0.717) is 5.92 Å². The molecule has 0 bridgehead atoms. The normalized spacial score (nSPS) is 10.7. The van der Waals surface area contributed by atoms with Crippen LogP contribution in [0.5, 0.6) is 0 Å². The summed E-state index contributed by atoms with van der Waals surface area (Å²) in [5.74, 6) is 0.530. The molecule has 0 atom stereocenters. The molecule has 2 aromatic carbocycles. The Morgan fingerprint density at radius 1 is 1.00 bits per heavy atom. The summed E-state index contributed by atoms with van der Waals surface area (Å²) in [7, 11) is 0. The van der Waals surface area contributed by atoms with Crippen molar-refractivity contribution in [1.82, 2.24) is 0 Å². The highest BCUT2D eigenvalue weighted by molar-refractivity contribution is 5.87. The summed E-state index contributed by atoms with van der Waals surface area (Å²) >= 11 is 0. The zero-order valence-corrected chi connectivity index (χ0v) is 11.1. The molecule has 18 heavy (non-hydrogen) atoms. The number of carbonyl (C=O) groups excluding carboxylic acids is 1. The first-order valence-corrected chi connectivity index (χ1v) is 6.28. The largest absolute Gasteiger partial charge is 0.298 e. The van der Waals surface area contributed by atoms with Crippen LogP contribution in [-0.2, 0) is 0 Å². The molecule has 0 saturated heterocycles. The number of benzene rings is 2. The molecule has 0 aliphatic carbocycles. The van der Waals surface area contributed by atoms with Gasteiger partial charge in [-0.3, -0.25) is 4.79 Å². The van der Waals surface area contributed by atoms with Crippen molar-refractivity contribution in [2.24, 2.45) is 0 Å². The quantitative estimate of drug-likeness (QED) is 0.714. The van der Waals surface area contributed by atoms with Gasteiger partial charge in [0.25, 0.3) is 0 Å². The van der Waals surface area contributed by atoms with Crippen LogP contribution in [0.1, 0.15) is 41.3 Å². The van der Waals surface area contributed by atoms with Crippen LogP contribution in [0.2, 0.25) is 0 Å². The van der Waals surface area contributed by atoms with Crippen molar-refractivity contribution in [2.75, 3.05) is 0 Å². The lowest BCUT2D eigenvalue weighted by molar-refractivity contribution is 0.112. The number of rotatable bonds is 3. The third-order valence-electron chi connectivity index (χ3n) is 3.22. The Morgan fingerprint density at radius 3 is 2.22 bits per heavy atom. The van der Waals surface area contributed by atoms with Gasteiger partial charge in [0.05, 0.1) is 0 Å². The molecule has 0 heterocycles. The predicted molar refractivity (Wildman–Crippen MR) is 76.1 cm³/mol. The molecule has 0 fully saturated rings. The van der Waals surface area contributed by atoms with E-state index in [0.717, 1.165) is 23.0 Å².